The quantitative estimate of drug-likeness (QED) is 0.566. The zero-order valence-electron chi connectivity index (χ0n) is 14.5. The average Bonchev–Trinajstić information content (AvgIpc) is 3.07. The van der Waals surface area contributed by atoms with Gasteiger partial charge in [0, 0.05) is 16.1 Å². The molecule has 0 spiro atoms. The maximum atomic E-state index is 11.5. The van der Waals surface area contributed by atoms with E-state index in [2.05, 4.69) is 69.8 Å². The molecule has 3 atom stereocenters. The molecule has 0 radical (unpaired) electrons. The Bertz CT molecular complexity index is 1040. The summed E-state index contributed by atoms with van der Waals surface area (Å²) in [6.07, 6.45) is 0.991. The van der Waals surface area contributed by atoms with Crippen LogP contribution in [0, 0.1) is 5.92 Å². The molecule has 3 nitrogen and oxygen atoms in total. The van der Waals surface area contributed by atoms with Crippen molar-refractivity contribution in [2.45, 2.75) is 18.4 Å². The van der Waals surface area contributed by atoms with Gasteiger partial charge in [0.25, 0.3) is 0 Å². The van der Waals surface area contributed by atoms with Crippen LogP contribution in [0.3, 0.4) is 0 Å². The number of halogens is 1. The van der Waals surface area contributed by atoms with Gasteiger partial charge in [-0.15, -0.1) is 0 Å². The Kier molecular flexibility index (Phi) is 3.83. The van der Waals surface area contributed by atoms with Crippen molar-refractivity contribution in [2.24, 2.45) is 5.92 Å². The number of nitrogens with one attached hydrogen (secondary N) is 1. The SMILES string of the molecule is O=C(O)c1ccc2c(c1)[C@@H]1c3ccccc3C[C@H]1[C@H](c1ccc(Br)cc1)N2. The van der Waals surface area contributed by atoms with Crippen LogP contribution in [0.4, 0.5) is 5.69 Å². The van der Waals surface area contributed by atoms with Gasteiger partial charge in [0.2, 0.25) is 0 Å². The van der Waals surface area contributed by atoms with Gasteiger partial charge in [0.05, 0.1) is 11.6 Å². The first-order chi connectivity index (χ1) is 13.1. The van der Waals surface area contributed by atoms with Crippen LogP contribution >= 0.6 is 15.9 Å². The van der Waals surface area contributed by atoms with E-state index >= 15 is 0 Å². The van der Waals surface area contributed by atoms with Crippen LogP contribution < -0.4 is 5.32 Å². The summed E-state index contributed by atoms with van der Waals surface area (Å²) in [5, 5.41) is 13.2. The summed E-state index contributed by atoms with van der Waals surface area (Å²) in [6, 6.07) is 22.7. The molecule has 0 unspecified atom stereocenters. The van der Waals surface area contributed by atoms with Crippen LogP contribution in [0.1, 0.15) is 44.6 Å². The van der Waals surface area contributed by atoms with E-state index in [-0.39, 0.29) is 12.0 Å². The zero-order valence-corrected chi connectivity index (χ0v) is 16.1. The molecule has 1 aliphatic heterocycles. The first-order valence-corrected chi connectivity index (χ1v) is 9.88. The molecule has 3 aromatic carbocycles. The summed E-state index contributed by atoms with van der Waals surface area (Å²) >= 11 is 3.52. The summed E-state index contributed by atoms with van der Waals surface area (Å²) in [5.41, 5.74) is 6.43. The van der Waals surface area contributed by atoms with Crippen LogP contribution in [0.25, 0.3) is 0 Å². The predicted molar refractivity (Wildman–Crippen MR) is 109 cm³/mol. The van der Waals surface area contributed by atoms with Gasteiger partial charge in [-0.2, -0.15) is 0 Å². The van der Waals surface area contributed by atoms with Crippen molar-refractivity contribution >= 4 is 27.6 Å². The lowest BCUT2D eigenvalue weighted by Crippen LogP contribution is -2.30. The second-order valence-electron chi connectivity index (χ2n) is 7.33. The van der Waals surface area contributed by atoms with Crippen LogP contribution in [-0.2, 0) is 6.42 Å². The minimum Gasteiger partial charge on any atom is -0.478 e. The van der Waals surface area contributed by atoms with E-state index in [9.17, 15) is 9.90 Å². The number of anilines is 1. The standard InChI is InChI=1S/C23H18BrNO2/c24-16-8-5-13(6-9-16)22-19-11-14-3-1-2-4-17(14)21(19)18-12-15(23(26)27)7-10-20(18)25-22/h1-10,12,19,21-22,25H,11H2,(H,26,27)/t19-,21+,22+/m1/s1. The predicted octanol–water partition coefficient (Wildman–Crippen LogP) is 5.62. The van der Waals surface area contributed by atoms with Gasteiger partial charge in [-0.3, -0.25) is 0 Å². The average molecular weight is 420 g/mol. The molecule has 0 amide bonds. The van der Waals surface area contributed by atoms with Crippen LogP contribution in [-0.4, -0.2) is 11.1 Å². The largest absolute Gasteiger partial charge is 0.478 e. The first-order valence-electron chi connectivity index (χ1n) is 9.09. The van der Waals surface area contributed by atoms with E-state index < -0.39 is 5.97 Å². The molecule has 0 saturated heterocycles. The lowest BCUT2D eigenvalue weighted by Gasteiger charge is -2.38. The molecule has 27 heavy (non-hydrogen) atoms. The van der Waals surface area contributed by atoms with Gasteiger partial charge < -0.3 is 10.4 Å². The van der Waals surface area contributed by atoms with Crippen molar-refractivity contribution in [3.8, 4) is 0 Å². The Morgan fingerprint density at radius 2 is 1.78 bits per heavy atom. The highest BCUT2D eigenvalue weighted by atomic mass is 79.9. The van der Waals surface area contributed by atoms with E-state index in [0.717, 1.165) is 22.1 Å². The number of benzene rings is 3. The Morgan fingerprint density at radius 3 is 2.56 bits per heavy atom. The second kappa shape index (κ2) is 6.24. The van der Waals surface area contributed by atoms with Crippen molar-refractivity contribution in [3.63, 3.8) is 0 Å². The second-order valence-corrected chi connectivity index (χ2v) is 8.24. The van der Waals surface area contributed by atoms with E-state index in [0.29, 0.717) is 11.5 Å². The highest BCUT2D eigenvalue weighted by molar-refractivity contribution is 9.10. The van der Waals surface area contributed by atoms with Gasteiger partial charge >= 0.3 is 5.97 Å². The summed E-state index contributed by atoms with van der Waals surface area (Å²) < 4.78 is 1.07. The van der Waals surface area contributed by atoms with E-state index in [4.69, 9.17) is 0 Å². The molecule has 4 heteroatoms. The van der Waals surface area contributed by atoms with E-state index in [1.165, 1.54) is 16.7 Å². The van der Waals surface area contributed by atoms with Crippen molar-refractivity contribution in [2.75, 3.05) is 5.32 Å². The summed E-state index contributed by atoms with van der Waals surface area (Å²) in [5.74, 6) is -0.304. The highest BCUT2D eigenvalue weighted by Crippen LogP contribution is 2.53. The molecule has 0 bridgehead atoms. The molecule has 1 aliphatic carbocycles. The fourth-order valence-electron chi connectivity index (χ4n) is 4.69. The van der Waals surface area contributed by atoms with Crippen LogP contribution in [0.5, 0.6) is 0 Å². The lowest BCUT2D eigenvalue weighted by atomic mass is 9.75. The third-order valence-corrected chi connectivity index (χ3v) is 6.40. The summed E-state index contributed by atoms with van der Waals surface area (Å²) in [6.45, 7) is 0. The molecule has 2 N–H and O–H groups in total. The minimum absolute atomic E-state index is 0.193. The van der Waals surface area contributed by atoms with Gasteiger partial charge in [-0.1, -0.05) is 52.3 Å². The van der Waals surface area contributed by atoms with Crippen molar-refractivity contribution < 1.29 is 9.90 Å². The molecule has 0 fully saturated rings. The Morgan fingerprint density at radius 1 is 1.00 bits per heavy atom. The fraction of sp³-hybridized carbons (Fsp3) is 0.174. The highest BCUT2D eigenvalue weighted by Gasteiger charge is 2.43. The molecular weight excluding hydrogens is 402 g/mol. The monoisotopic (exact) mass is 419 g/mol. The van der Waals surface area contributed by atoms with Crippen LogP contribution in [0.15, 0.2) is 71.2 Å². The number of carboxylic acid groups (broad SMARTS) is 1. The summed E-state index contributed by atoms with van der Waals surface area (Å²) in [4.78, 5) is 11.5. The molecule has 5 rings (SSSR count). The summed E-state index contributed by atoms with van der Waals surface area (Å²) in [7, 11) is 0. The third-order valence-electron chi connectivity index (χ3n) is 5.88. The van der Waals surface area contributed by atoms with Gasteiger partial charge in [0.15, 0.2) is 0 Å². The number of fused-ring (bicyclic) bond motifs is 5. The fourth-order valence-corrected chi connectivity index (χ4v) is 4.96. The van der Waals surface area contributed by atoms with Gasteiger partial charge in [-0.25, -0.2) is 4.79 Å². The Hall–Kier alpha value is -2.59. The number of hydrogen-bond acceptors (Lipinski definition) is 2. The molecule has 1 heterocycles. The molecule has 3 aromatic rings. The molecule has 134 valence electrons. The number of aromatic carboxylic acids is 1. The van der Waals surface area contributed by atoms with Crippen molar-refractivity contribution in [3.05, 3.63) is 99.0 Å². The van der Waals surface area contributed by atoms with Crippen LogP contribution in [0.2, 0.25) is 0 Å². The Balaban J connectivity index is 1.68. The maximum absolute atomic E-state index is 11.5. The first kappa shape index (κ1) is 16.6. The number of rotatable bonds is 2. The third kappa shape index (κ3) is 2.67. The van der Waals surface area contributed by atoms with Gasteiger partial charge in [0.1, 0.15) is 0 Å². The smallest absolute Gasteiger partial charge is 0.335 e. The normalized spacial score (nSPS) is 22.3. The maximum Gasteiger partial charge on any atom is 0.335 e. The van der Waals surface area contributed by atoms with E-state index in [1.807, 2.05) is 12.1 Å². The molecule has 0 aromatic heterocycles. The van der Waals surface area contributed by atoms with Crippen molar-refractivity contribution in [1.29, 1.82) is 0 Å². The van der Waals surface area contributed by atoms with Gasteiger partial charge in [-0.05, 0) is 64.9 Å². The molecule has 0 saturated carbocycles. The minimum atomic E-state index is -0.879. The zero-order chi connectivity index (χ0) is 18.5. The lowest BCUT2D eigenvalue weighted by molar-refractivity contribution is 0.0696. The van der Waals surface area contributed by atoms with Crippen molar-refractivity contribution in [1.82, 2.24) is 0 Å². The molecule has 2 aliphatic rings. The number of carboxylic acids is 1. The number of hydrogen-bond donors (Lipinski definition) is 2. The topological polar surface area (TPSA) is 49.3 Å². The number of carbonyl (C=O) groups is 1. The Labute approximate surface area is 166 Å². The molecular formula is C23H18BrNO2. The van der Waals surface area contributed by atoms with E-state index in [1.54, 1.807) is 6.07 Å².